The summed E-state index contributed by atoms with van der Waals surface area (Å²) < 4.78 is 18.6. The van der Waals surface area contributed by atoms with Gasteiger partial charge in [0, 0.05) is 7.05 Å². The second kappa shape index (κ2) is 8.19. The van der Waals surface area contributed by atoms with Gasteiger partial charge in [0.15, 0.2) is 5.17 Å². The molecule has 1 aliphatic heterocycles. The van der Waals surface area contributed by atoms with Crippen molar-refractivity contribution < 1.29 is 13.9 Å². The summed E-state index contributed by atoms with van der Waals surface area (Å²) >= 11 is 1.32. The number of ether oxygens (including phenoxy) is 1. The van der Waals surface area contributed by atoms with Crippen LogP contribution < -0.4 is 4.74 Å². The van der Waals surface area contributed by atoms with Crippen LogP contribution >= 0.6 is 11.8 Å². The van der Waals surface area contributed by atoms with Gasteiger partial charge in [-0.25, -0.2) is 9.38 Å². The molecule has 1 aliphatic rings. The van der Waals surface area contributed by atoms with Crippen LogP contribution in [0.4, 0.5) is 10.1 Å². The van der Waals surface area contributed by atoms with E-state index in [9.17, 15) is 9.18 Å². The second-order valence-electron chi connectivity index (χ2n) is 6.95. The Morgan fingerprint density at radius 3 is 2.50 bits per heavy atom. The molecule has 2 aromatic carbocycles. The Bertz CT molecular complexity index is 965. The summed E-state index contributed by atoms with van der Waals surface area (Å²) in [6, 6.07) is 9.96. The van der Waals surface area contributed by atoms with Crippen LogP contribution in [0.1, 0.15) is 36.5 Å². The number of amidine groups is 1. The minimum Gasteiger partial charge on any atom is -0.496 e. The molecule has 1 heterocycles. The Kier molecular flexibility index (Phi) is 5.89. The number of likely N-dealkylation sites (N-methyl/N-ethyl adjacent to an activating group) is 1. The van der Waals surface area contributed by atoms with E-state index >= 15 is 0 Å². The zero-order valence-electron chi connectivity index (χ0n) is 16.6. The molecule has 0 bridgehead atoms. The maximum Gasteiger partial charge on any atom is 0.266 e. The average molecular weight is 399 g/mol. The number of aliphatic imine (C=N–C) groups is 1. The summed E-state index contributed by atoms with van der Waals surface area (Å²) in [5, 5.41) is 0.568. The molecule has 0 radical (unpaired) electrons. The average Bonchev–Trinajstić information content (AvgIpc) is 2.92. The Hall–Kier alpha value is -2.60. The van der Waals surface area contributed by atoms with E-state index in [1.54, 1.807) is 26.3 Å². The Balaban J connectivity index is 1.96. The molecule has 1 fully saturated rings. The van der Waals surface area contributed by atoms with Gasteiger partial charge in [0.05, 0.1) is 17.7 Å². The first-order valence-electron chi connectivity index (χ1n) is 9.00. The van der Waals surface area contributed by atoms with Gasteiger partial charge >= 0.3 is 0 Å². The summed E-state index contributed by atoms with van der Waals surface area (Å²) in [6.07, 6.45) is 1.90. The molecule has 0 atom stereocenters. The minimum absolute atomic E-state index is 0.104. The largest absolute Gasteiger partial charge is 0.496 e. The molecule has 6 heteroatoms. The smallest absolute Gasteiger partial charge is 0.266 e. The van der Waals surface area contributed by atoms with Crippen LogP contribution in [0.2, 0.25) is 0 Å². The van der Waals surface area contributed by atoms with Gasteiger partial charge in [0.25, 0.3) is 5.91 Å². The number of amides is 1. The molecule has 1 amide bonds. The van der Waals surface area contributed by atoms with Crippen LogP contribution in [0.15, 0.2) is 46.3 Å². The Morgan fingerprint density at radius 1 is 1.21 bits per heavy atom. The number of benzene rings is 2. The Morgan fingerprint density at radius 2 is 1.89 bits per heavy atom. The number of halogens is 1. The highest BCUT2D eigenvalue weighted by atomic mass is 32.2. The van der Waals surface area contributed by atoms with Crippen LogP contribution in [-0.4, -0.2) is 30.1 Å². The lowest BCUT2D eigenvalue weighted by molar-refractivity contribution is -0.121. The quantitative estimate of drug-likeness (QED) is 0.639. The van der Waals surface area contributed by atoms with E-state index in [0.717, 1.165) is 22.4 Å². The van der Waals surface area contributed by atoms with Gasteiger partial charge < -0.3 is 4.74 Å². The van der Waals surface area contributed by atoms with Crippen LogP contribution in [-0.2, 0) is 4.79 Å². The van der Waals surface area contributed by atoms with Crippen molar-refractivity contribution >= 4 is 34.6 Å². The predicted molar refractivity (Wildman–Crippen MR) is 114 cm³/mol. The monoisotopic (exact) mass is 398 g/mol. The molecule has 0 aliphatic carbocycles. The normalized spacial score (nSPS) is 17.2. The fourth-order valence-corrected chi connectivity index (χ4v) is 3.90. The van der Waals surface area contributed by atoms with Crippen LogP contribution in [0, 0.1) is 12.7 Å². The van der Waals surface area contributed by atoms with Gasteiger partial charge in [-0.3, -0.25) is 9.69 Å². The summed E-state index contributed by atoms with van der Waals surface area (Å²) in [6.45, 7) is 6.22. The molecule has 0 aromatic heterocycles. The molecule has 28 heavy (non-hydrogen) atoms. The molecule has 0 spiro atoms. The number of hydrogen-bond acceptors (Lipinski definition) is 4. The highest BCUT2D eigenvalue weighted by Crippen LogP contribution is 2.36. The standard InChI is InChI=1S/C22H23FN2O2S/c1-13(2)18-11-15(14(3)10-19(18)27-5)12-20-21(26)25(4)22(28-20)24-17-8-6-16(23)7-9-17/h6-13H,1-5H3/b20-12+,24-22?. The van der Waals surface area contributed by atoms with E-state index in [2.05, 4.69) is 24.9 Å². The zero-order valence-corrected chi connectivity index (χ0v) is 17.4. The topological polar surface area (TPSA) is 41.9 Å². The van der Waals surface area contributed by atoms with Crippen LogP contribution in [0.5, 0.6) is 5.75 Å². The zero-order chi connectivity index (χ0) is 20.4. The summed E-state index contributed by atoms with van der Waals surface area (Å²) in [5.74, 6) is 0.741. The van der Waals surface area contributed by atoms with E-state index in [1.165, 1.54) is 28.8 Å². The molecular weight excluding hydrogens is 375 g/mol. The van der Waals surface area contributed by atoms with E-state index in [0.29, 0.717) is 21.7 Å². The number of thioether (sulfide) groups is 1. The maximum atomic E-state index is 13.1. The van der Waals surface area contributed by atoms with Crippen molar-refractivity contribution in [1.29, 1.82) is 0 Å². The third kappa shape index (κ3) is 4.12. The number of hydrogen-bond donors (Lipinski definition) is 0. The fraction of sp³-hybridized carbons (Fsp3) is 0.273. The second-order valence-corrected chi connectivity index (χ2v) is 7.96. The number of nitrogens with zero attached hydrogens (tertiary/aromatic N) is 2. The fourth-order valence-electron chi connectivity index (χ4n) is 2.92. The van der Waals surface area contributed by atoms with Crippen LogP contribution in [0.3, 0.4) is 0 Å². The number of carbonyl (C=O) groups excluding carboxylic acids is 1. The summed E-state index contributed by atoms with van der Waals surface area (Å²) in [7, 11) is 3.36. The molecule has 0 saturated carbocycles. The number of aryl methyl sites for hydroxylation is 1. The van der Waals surface area contributed by atoms with Gasteiger partial charge in [-0.2, -0.15) is 0 Å². The molecule has 0 N–H and O–H groups in total. The van der Waals surface area contributed by atoms with Gasteiger partial charge in [0.2, 0.25) is 0 Å². The highest BCUT2D eigenvalue weighted by Gasteiger charge is 2.30. The molecular formula is C22H23FN2O2S. The molecule has 146 valence electrons. The minimum atomic E-state index is -0.316. The van der Waals surface area contributed by atoms with Crippen molar-refractivity contribution in [3.8, 4) is 5.75 Å². The van der Waals surface area contributed by atoms with Crippen molar-refractivity contribution in [2.75, 3.05) is 14.2 Å². The van der Waals surface area contributed by atoms with Gasteiger partial charge in [-0.05, 0) is 83.8 Å². The SMILES string of the molecule is COc1cc(C)c(/C=C2/SC(=Nc3ccc(F)cc3)N(C)C2=O)cc1C(C)C. The van der Waals surface area contributed by atoms with Gasteiger partial charge in [-0.1, -0.05) is 13.8 Å². The molecule has 3 rings (SSSR count). The van der Waals surface area contributed by atoms with Crippen molar-refractivity contribution in [2.24, 2.45) is 4.99 Å². The predicted octanol–water partition coefficient (Wildman–Crippen LogP) is 5.50. The van der Waals surface area contributed by atoms with E-state index in [4.69, 9.17) is 4.74 Å². The number of methoxy groups -OCH3 is 1. The first kappa shape index (κ1) is 20.1. The van der Waals surface area contributed by atoms with E-state index < -0.39 is 0 Å². The van der Waals surface area contributed by atoms with E-state index in [1.807, 2.05) is 19.1 Å². The maximum absolute atomic E-state index is 13.1. The lowest BCUT2D eigenvalue weighted by Crippen LogP contribution is -2.23. The van der Waals surface area contributed by atoms with Crippen molar-refractivity contribution in [1.82, 2.24) is 4.90 Å². The van der Waals surface area contributed by atoms with Crippen molar-refractivity contribution in [3.05, 3.63) is 63.8 Å². The number of rotatable bonds is 4. The van der Waals surface area contributed by atoms with Crippen molar-refractivity contribution in [3.63, 3.8) is 0 Å². The molecule has 2 aromatic rings. The van der Waals surface area contributed by atoms with Crippen LogP contribution in [0.25, 0.3) is 6.08 Å². The van der Waals surface area contributed by atoms with Gasteiger partial charge in [0.1, 0.15) is 11.6 Å². The van der Waals surface area contributed by atoms with Gasteiger partial charge in [-0.15, -0.1) is 0 Å². The van der Waals surface area contributed by atoms with E-state index in [-0.39, 0.29) is 11.7 Å². The number of carbonyl (C=O) groups is 1. The summed E-state index contributed by atoms with van der Waals surface area (Å²) in [4.78, 5) is 19.3. The first-order chi connectivity index (χ1) is 13.3. The third-order valence-corrected chi connectivity index (χ3v) is 5.64. The summed E-state index contributed by atoms with van der Waals surface area (Å²) in [5.41, 5.74) is 3.72. The molecule has 4 nitrogen and oxygen atoms in total. The Labute approximate surface area is 169 Å². The van der Waals surface area contributed by atoms with Crippen molar-refractivity contribution in [2.45, 2.75) is 26.7 Å². The first-order valence-corrected chi connectivity index (χ1v) is 9.82. The third-order valence-electron chi connectivity index (χ3n) is 4.58. The lowest BCUT2D eigenvalue weighted by atomic mass is 9.96. The lowest BCUT2D eigenvalue weighted by Gasteiger charge is -2.14. The molecule has 1 saturated heterocycles. The highest BCUT2D eigenvalue weighted by molar-refractivity contribution is 8.18. The molecule has 0 unspecified atom stereocenters.